The van der Waals surface area contributed by atoms with Crippen LogP contribution in [0.4, 0.5) is 0 Å². The number of H-pyrrole nitrogens is 1. The number of nitrogens with one attached hydrogen (secondary N) is 1. The zero-order chi connectivity index (χ0) is 14.3. The van der Waals surface area contributed by atoms with E-state index in [1.807, 2.05) is 49.6 Å². The van der Waals surface area contributed by atoms with Crippen LogP contribution in [0, 0.1) is 11.7 Å². The molecule has 2 heterocycles. The largest absolute Gasteiger partial charge is 0.331 e. The highest BCUT2D eigenvalue weighted by Crippen LogP contribution is 2.20. The Morgan fingerprint density at radius 3 is 2.65 bits per heavy atom. The molecule has 1 aromatic carbocycles. The Bertz CT molecular complexity index is 871. The summed E-state index contributed by atoms with van der Waals surface area (Å²) in [6, 6.07) is 9.98. The van der Waals surface area contributed by atoms with Crippen molar-refractivity contribution in [2.75, 3.05) is 0 Å². The molecule has 102 valence electrons. The molecule has 0 saturated carbocycles. The first-order valence-electron chi connectivity index (χ1n) is 6.36. The average Bonchev–Trinajstić information content (AvgIpc) is 2.87. The first-order valence-corrected chi connectivity index (χ1v) is 7.65. The minimum Gasteiger partial charge on any atom is -0.331 e. The Kier molecular flexibility index (Phi) is 3.31. The summed E-state index contributed by atoms with van der Waals surface area (Å²) >= 11 is 6.79. The van der Waals surface area contributed by atoms with Crippen LogP contribution < -0.4 is 5.56 Å². The Balaban J connectivity index is 2.21. The molecule has 0 aliphatic heterocycles. The van der Waals surface area contributed by atoms with Gasteiger partial charge in [0.05, 0.1) is 11.6 Å². The first kappa shape index (κ1) is 13.3. The number of aromatic amines is 1. The Morgan fingerprint density at radius 1 is 1.25 bits per heavy atom. The van der Waals surface area contributed by atoms with E-state index in [0.29, 0.717) is 4.77 Å². The maximum atomic E-state index is 12.6. The van der Waals surface area contributed by atoms with Gasteiger partial charge in [0, 0.05) is 0 Å². The predicted molar refractivity (Wildman–Crippen MR) is 86.3 cm³/mol. The van der Waals surface area contributed by atoms with Crippen LogP contribution in [-0.4, -0.2) is 9.55 Å². The first-order chi connectivity index (χ1) is 9.58. The van der Waals surface area contributed by atoms with E-state index in [-0.39, 0.29) is 11.6 Å². The molecule has 0 fully saturated rings. The number of thiophene rings is 1. The lowest BCUT2D eigenvalue weighted by molar-refractivity contribution is 0.600. The topological polar surface area (TPSA) is 37.8 Å². The van der Waals surface area contributed by atoms with E-state index >= 15 is 0 Å². The molecule has 1 N–H and O–H groups in total. The zero-order valence-electron chi connectivity index (χ0n) is 11.2. The molecule has 20 heavy (non-hydrogen) atoms. The van der Waals surface area contributed by atoms with Crippen molar-refractivity contribution in [3.8, 4) is 0 Å². The number of aryl methyl sites for hydroxylation is 1. The molecule has 1 unspecified atom stereocenters. The molecule has 0 bridgehead atoms. The van der Waals surface area contributed by atoms with Gasteiger partial charge in [-0.15, -0.1) is 11.3 Å². The molecule has 0 aliphatic rings. The fourth-order valence-electron chi connectivity index (χ4n) is 2.30. The van der Waals surface area contributed by atoms with E-state index < -0.39 is 0 Å². The average molecular weight is 302 g/mol. The Hall–Kier alpha value is -1.72. The van der Waals surface area contributed by atoms with Crippen molar-refractivity contribution in [1.82, 2.24) is 9.55 Å². The van der Waals surface area contributed by atoms with Gasteiger partial charge in [0.15, 0.2) is 4.77 Å². The molecule has 5 heteroatoms. The standard InChI is InChI=1S/C15H14N2OS2/c1-9-3-5-11(6-4-9)10(2)17-14(18)13-12(7-8-20-13)16-15(17)19/h3-8,10H,1-2H3,(H,16,19). The summed E-state index contributed by atoms with van der Waals surface area (Å²) in [5.74, 6) is 0. The maximum Gasteiger partial charge on any atom is 0.272 e. The fourth-order valence-corrected chi connectivity index (χ4v) is 3.43. The van der Waals surface area contributed by atoms with Crippen LogP contribution >= 0.6 is 23.6 Å². The Morgan fingerprint density at radius 2 is 1.95 bits per heavy atom. The van der Waals surface area contributed by atoms with Crippen molar-refractivity contribution in [1.29, 1.82) is 0 Å². The lowest BCUT2D eigenvalue weighted by Gasteiger charge is -2.16. The maximum absolute atomic E-state index is 12.6. The molecule has 0 amide bonds. The minimum atomic E-state index is -0.0849. The van der Waals surface area contributed by atoms with Crippen LogP contribution in [0.2, 0.25) is 0 Å². The second-order valence-electron chi connectivity index (χ2n) is 4.86. The third-order valence-electron chi connectivity index (χ3n) is 3.49. The van der Waals surface area contributed by atoms with Crippen molar-refractivity contribution in [2.45, 2.75) is 19.9 Å². The highest BCUT2D eigenvalue weighted by atomic mass is 32.1. The molecule has 3 aromatic rings. The minimum absolute atomic E-state index is 0.0215. The molecule has 3 nitrogen and oxygen atoms in total. The van der Waals surface area contributed by atoms with Crippen LogP contribution in [0.1, 0.15) is 24.1 Å². The number of fused-ring (bicyclic) bond motifs is 1. The van der Waals surface area contributed by atoms with E-state index in [0.717, 1.165) is 15.8 Å². The number of nitrogens with zero attached hydrogens (tertiary/aromatic N) is 1. The van der Waals surface area contributed by atoms with Gasteiger partial charge in [-0.05, 0) is 43.1 Å². The van der Waals surface area contributed by atoms with E-state index in [9.17, 15) is 4.79 Å². The summed E-state index contributed by atoms with van der Waals surface area (Å²) < 4.78 is 2.84. The highest BCUT2D eigenvalue weighted by molar-refractivity contribution is 7.71. The smallest absolute Gasteiger partial charge is 0.272 e. The van der Waals surface area contributed by atoms with Crippen LogP contribution in [-0.2, 0) is 0 Å². The summed E-state index contributed by atoms with van der Waals surface area (Å²) in [5, 5.41) is 1.90. The van der Waals surface area contributed by atoms with Gasteiger partial charge in [0.1, 0.15) is 4.70 Å². The van der Waals surface area contributed by atoms with Gasteiger partial charge in [0.2, 0.25) is 0 Å². The molecular formula is C15H14N2OS2. The second-order valence-corrected chi connectivity index (χ2v) is 6.16. The van der Waals surface area contributed by atoms with Crippen molar-refractivity contribution < 1.29 is 0 Å². The molecule has 0 saturated heterocycles. The summed E-state index contributed by atoms with van der Waals surface area (Å²) in [4.78, 5) is 15.7. The molecule has 3 rings (SSSR count). The van der Waals surface area contributed by atoms with Gasteiger partial charge in [-0.2, -0.15) is 0 Å². The molecule has 0 radical (unpaired) electrons. The van der Waals surface area contributed by atoms with Crippen molar-refractivity contribution in [3.05, 3.63) is 62.0 Å². The number of benzene rings is 1. The third-order valence-corrected chi connectivity index (χ3v) is 4.69. The van der Waals surface area contributed by atoms with E-state index in [2.05, 4.69) is 4.98 Å². The van der Waals surface area contributed by atoms with E-state index in [1.165, 1.54) is 16.9 Å². The summed E-state index contributed by atoms with van der Waals surface area (Å²) in [7, 11) is 0. The van der Waals surface area contributed by atoms with Gasteiger partial charge in [-0.25, -0.2) is 0 Å². The van der Waals surface area contributed by atoms with Crippen molar-refractivity contribution in [3.63, 3.8) is 0 Å². The summed E-state index contributed by atoms with van der Waals surface area (Å²) in [5.41, 5.74) is 3.07. The van der Waals surface area contributed by atoms with Gasteiger partial charge in [-0.1, -0.05) is 29.8 Å². The zero-order valence-corrected chi connectivity index (χ0v) is 12.8. The van der Waals surface area contributed by atoms with Crippen LogP contribution in [0.3, 0.4) is 0 Å². The molecule has 2 aromatic heterocycles. The van der Waals surface area contributed by atoms with Gasteiger partial charge in [0.25, 0.3) is 5.56 Å². The summed E-state index contributed by atoms with van der Waals surface area (Å²) in [6.45, 7) is 4.04. The molecule has 0 spiro atoms. The number of hydrogen-bond acceptors (Lipinski definition) is 3. The van der Waals surface area contributed by atoms with Crippen LogP contribution in [0.25, 0.3) is 10.2 Å². The fraction of sp³-hybridized carbons (Fsp3) is 0.200. The van der Waals surface area contributed by atoms with E-state index in [4.69, 9.17) is 12.2 Å². The van der Waals surface area contributed by atoms with Crippen molar-refractivity contribution >= 4 is 33.8 Å². The van der Waals surface area contributed by atoms with Crippen molar-refractivity contribution in [2.24, 2.45) is 0 Å². The molecule has 1 atom stereocenters. The Labute approximate surface area is 125 Å². The monoisotopic (exact) mass is 302 g/mol. The quantitative estimate of drug-likeness (QED) is 0.726. The lowest BCUT2D eigenvalue weighted by Crippen LogP contribution is -2.25. The third kappa shape index (κ3) is 2.13. The van der Waals surface area contributed by atoms with Gasteiger partial charge < -0.3 is 4.98 Å². The van der Waals surface area contributed by atoms with Crippen LogP contribution in [0.5, 0.6) is 0 Å². The van der Waals surface area contributed by atoms with E-state index in [1.54, 1.807) is 4.57 Å². The van der Waals surface area contributed by atoms with Gasteiger partial charge >= 0.3 is 0 Å². The number of rotatable bonds is 2. The second kappa shape index (κ2) is 5.00. The highest BCUT2D eigenvalue weighted by Gasteiger charge is 2.14. The van der Waals surface area contributed by atoms with Gasteiger partial charge in [-0.3, -0.25) is 9.36 Å². The number of hydrogen-bond donors (Lipinski definition) is 1. The molecular weight excluding hydrogens is 288 g/mol. The SMILES string of the molecule is Cc1ccc(C(C)n2c(=S)[nH]c3ccsc3c2=O)cc1. The normalized spacial score (nSPS) is 12.7. The lowest BCUT2D eigenvalue weighted by atomic mass is 10.1. The van der Waals surface area contributed by atoms with Crippen LogP contribution in [0.15, 0.2) is 40.5 Å². The summed E-state index contributed by atoms with van der Waals surface area (Å²) in [6.07, 6.45) is 0. The predicted octanol–water partition coefficient (Wildman–Crippen LogP) is 4.04. The number of aromatic nitrogens is 2. The molecule has 0 aliphatic carbocycles.